The highest BCUT2D eigenvalue weighted by atomic mass is 32.2. The molecule has 14 heavy (non-hydrogen) atoms. The molecule has 3 fully saturated rings. The van der Waals surface area contributed by atoms with Crippen molar-refractivity contribution < 1.29 is 0 Å². The van der Waals surface area contributed by atoms with E-state index < -0.39 is 0 Å². The van der Waals surface area contributed by atoms with Crippen molar-refractivity contribution in [3.8, 4) is 0 Å². The zero-order chi connectivity index (χ0) is 9.43. The van der Waals surface area contributed by atoms with Gasteiger partial charge in [-0.2, -0.15) is 11.8 Å². The lowest BCUT2D eigenvalue weighted by atomic mass is 9.86. The fourth-order valence-corrected chi connectivity index (χ4v) is 4.49. The second-order valence-corrected chi connectivity index (χ2v) is 6.31. The third kappa shape index (κ3) is 1.59. The minimum absolute atomic E-state index is 0.674. The molecule has 3 aliphatic rings. The van der Waals surface area contributed by atoms with E-state index in [-0.39, 0.29) is 0 Å². The van der Waals surface area contributed by atoms with Crippen LogP contribution in [0.5, 0.6) is 0 Å². The van der Waals surface area contributed by atoms with E-state index in [1.54, 1.807) is 0 Å². The number of nitrogens with one attached hydrogen (secondary N) is 1. The zero-order valence-corrected chi connectivity index (χ0v) is 9.61. The molecule has 0 aromatic rings. The number of hydrogen-bond donors (Lipinski definition) is 1. The quantitative estimate of drug-likeness (QED) is 0.702. The Hall–Kier alpha value is 0.270. The van der Waals surface area contributed by atoms with Gasteiger partial charge in [0.1, 0.15) is 0 Å². The van der Waals surface area contributed by atoms with Gasteiger partial charge in [-0.25, -0.2) is 0 Å². The number of likely N-dealkylation sites (tertiary alicyclic amines) is 1. The van der Waals surface area contributed by atoms with Crippen molar-refractivity contribution in [2.45, 2.75) is 25.3 Å². The first-order valence-electron chi connectivity index (χ1n) is 5.91. The van der Waals surface area contributed by atoms with Gasteiger partial charge in [-0.1, -0.05) is 0 Å². The lowest BCUT2D eigenvalue weighted by Gasteiger charge is -2.26. The Morgan fingerprint density at radius 2 is 2.36 bits per heavy atom. The van der Waals surface area contributed by atoms with Crippen molar-refractivity contribution >= 4 is 11.8 Å². The van der Waals surface area contributed by atoms with Gasteiger partial charge in [0.05, 0.1) is 0 Å². The van der Waals surface area contributed by atoms with Crippen molar-refractivity contribution in [1.82, 2.24) is 10.2 Å². The van der Waals surface area contributed by atoms with Crippen LogP contribution >= 0.6 is 11.8 Å². The predicted octanol–water partition coefficient (Wildman–Crippen LogP) is 1.18. The average molecular weight is 212 g/mol. The number of rotatable bonds is 1. The fourth-order valence-electron chi connectivity index (χ4n) is 3.24. The van der Waals surface area contributed by atoms with Gasteiger partial charge in [-0.15, -0.1) is 0 Å². The molecule has 1 spiro atoms. The molecule has 3 heterocycles. The first-order valence-corrected chi connectivity index (χ1v) is 7.06. The molecule has 3 saturated heterocycles. The molecule has 3 aliphatic heterocycles. The minimum Gasteiger partial charge on any atom is -0.316 e. The number of thioether (sulfide) groups is 1. The molecule has 3 rings (SSSR count). The minimum atomic E-state index is 0.674. The van der Waals surface area contributed by atoms with Crippen LogP contribution in [0.3, 0.4) is 0 Å². The maximum atomic E-state index is 3.53. The Balaban J connectivity index is 1.63. The highest BCUT2D eigenvalue weighted by Crippen LogP contribution is 2.38. The molecule has 1 N–H and O–H groups in total. The van der Waals surface area contributed by atoms with Crippen molar-refractivity contribution in [2.24, 2.45) is 5.41 Å². The smallest absolute Gasteiger partial charge is 0.0194 e. The fraction of sp³-hybridized carbons (Fsp3) is 1.00. The van der Waals surface area contributed by atoms with Crippen molar-refractivity contribution in [3.05, 3.63) is 0 Å². The summed E-state index contributed by atoms with van der Waals surface area (Å²) >= 11 is 2.14. The normalized spacial score (nSPS) is 44.1. The highest BCUT2D eigenvalue weighted by molar-refractivity contribution is 7.99. The molecular formula is C11H20N2S. The summed E-state index contributed by atoms with van der Waals surface area (Å²) in [6, 6.07) is 0.917. The van der Waals surface area contributed by atoms with Crippen LogP contribution in [0.1, 0.15) is 19.3 Å². The molecule has 0 amide bonds. The topological polar surface area (TPSA) is 15.3 Å². The maximum Gasteiger partial charge on any atom is 0.0194 e. The summed E-state index contributed by atoms with van der Waals surface area (Å²) in [5, 5.41) is 3.53. The van der Waals surface area contributed by atoms with Crippen LogP contribution in [0.4, 0.5) is 0 Å². The zero-order valence-electron chi connectivity index (χ0n) is 8.80. The SMILES string of the molecule is C1CC2(CCN(C3CCSC3)C2)CN1. The van der Waals surface area contributed by atoms with Crippen molar-refractivity contribution in [3.63, 3.8) is 0 Å². The molecule has 0 aliphatic carbocycles. The summed E-state index contributed by atoms with van der Waals surface area (Å²) < 4.78 is 0. The van der Waals surface area contributed by atoms with Gasteiger partial charge in [0, 0.05) is 24.9 Å². The Labute approximate surface area is 90.8 Å². The van der Waals surface area contributed by atoms with E-state index in [1.807, 2.05) is 0 Å². The Kier molecular flexibility index (Phi) is 2.50. The van der Waals surface area contributed by atoms with Crippen LogP contribution in [0, 0.1) is 5.41 Å². The van der Waals surface area contributed by atoms with E-state index in [0.717, 1.165) is 6.04 Å². The first kappa shape index (κ1) is 9.49. The summed E-state index contributed by atoms with van der Waals surface area (Å²) in [6.07, 6.45) is 4.30. The van der Waals surface area contributed by atoms with Gasteiger partial charge in [0.25, 0.3) is 0 Å². The van der Waals surface area contributed by atoms with Crippen LogP contribution < -0.4 is 5.32 Å². The summed E-state index contributed by atoms with van der Waals surface area (Å²) in [5.41, 5.74) is 0.674. The van der Waals surface area contributed by atoms with Crippen LogP contribution in [-0.4, -0.2) is 48.6 Å². The molecule has 0 saturated carbocycles. The van der Waals surface area contributed by atoms with E-state index in [4.69, 9.17) is 0 Å². The number of hydrogen-bond acceptors (Lipinski definition) is 3. The van der Waals surface area contributed by atoms with E-state index in [1.165, 1.54) is 56.9 Å². The standard InChI is InChI=1S/C11H20N2S/c1-6-14-7-10(1)13-5-3-11(9-13)2-4-12-8-11/h10,12H,1-9H2. The lowest BCUT2D eigenvalue weighted by molar-refractivity contribution is 0.225. The average Bonchev–Trinajstić information content (AvgIpc) is 2.91. The molecule has 2 nitrogen and oxygen atoms in total. The monoisotopic (exact) mass is 212 g/mol. The number of nitrogens with zero attached hydrogens (tertiary/aromatic N) is 1. The third-order valence-corrected chi connectivity index (χ3v) is 5.37. The molecule has 80 valence electrons. The highest BCUT2D eigenvalue weighted by Gasteiger charge is 2.42. The van der Waals surface area contributed by atoms with Gasteiger partial charge in [0.2, 0.25) is 0 Å². The van der Waals surface area contributed by atoms with Crippen LogP contribution in [0.2, 0.25) is 0 Å². The molecule has 0 aromatic heterocycles. The molecule has 2 unspecified atom stereocenters. The molecule has 0 aromatic carbocycles. The largest absolute Gasteiger partial charge is 0.316 e. The van der Waals surface area contributed by atoms with Crippen molar-refractivity contribution in [1.29, 1.82) is 0 Å². The second kappa shape index (κ2) is 3.69. The van der Waals surface area contributed by atoms with Crippen molar-refractivity contribution in [2.75, 3.05) is 37.7 Å². The molecule has 0 radical (unpaired) electrons. The maximum absolute atomic E-state index is 3.53. The van der Waals surface area contributed by atoms with Gasteiger partial charge in [-0.3, -0.25) is 4.90 Å². The van der Waals surface area contributed by atoms with Gasteiger partial charge < -0.3 is 5.32 Å². The van der Waals surface area contributed by atoms with Crippen LogP contribution in [-0.2, 0) is 0 Å². The lowest BCUT2D eigenvalue weighted by Crippen LogP contribution is -2.36. The van der Waals surface area contributed by atoms with E-state index in [2.05, 4.69) is 22.0 Å². The Bertz CT molecular complexity index is 207. The van der Waals surface area contributed by atoms with E-state index >= 15 is 0 Å². The predicted molar refractivity (Wildman–Crippen MR) is 61.8 cm³/mol. The van der Waals surface area contributed by atoms with Gasteiger partial charge >= 0.3 is 0 Å². The third-order valence-electron chi connectivity index (χ3n) is 4.22. The molecule has 2 atom stereocenters. The molecular weight excluding hydrogens is 192 g/mol. The second-order valence-electron chi connectivity index (χ2n) is 5.16. The Morgan fingerprint density at radius 3 is 3.07 bits per heavy atom. The van der Waals surface area contributed by atoms with E-state index in [9.17, 15) is 0 Å². The Morgan fingerprint density at radius 1 is 1.36 bits per heavy atom. The van der Waals surface area contributed by atoms with Gasteiger partial charge in [-0.05, 0) is 43.5 Å². The molecule has 3 heteroatoms. The summed E-state index contributed by atoms with van der Waals surface area (Å²) in [5.74, 6) is 2.79. The summed E-state index contributed by atoms with van der Waals surface area (Å²) in [4.78, 5) is 2.77. The van der Waals surface area contributed by atoms with Crippen LogP contribution in [0.15, 0.2) is 0 Å². The van der Waals surface area contributed by atoms with Crippen LogP contribution in [0.25, 0.3) is 0 Å². The summed E-state index contributed by atoms with van der Waals surface area (Å²) in [6.45, 7) is 5.29. The summed E-state index contributed by atoms with van der Waals surface area (Å²) in [7, 11) is 0. The van der Waals surface area contributed by atoms with E-state index in [0.29, 0.717) is 5.41 Å². The van der Waals surface area contributed by atoms with Gasteiger partial charge in [0.15, 0.2) is 0 Å². The first-order chi connectivity index (χ1) is 6.88. The molecule has 0 bridgehead atoms.